The molecule has 0 spiro atoms. The molecule has 5 nitrogen and oxygen atoms in total. The molecular formula is C12H18BrNO4S2. The summed E-state index contributed by atoms with van der Waals surface area (Å²) in [6.07, 6.45) is 2.14. The monoisotopic (exact) mass is 383 g/mol. The zero-order valence-corrected chi connectivity index (χ0v) is 14.8. The van der Waals surface area contributed by atoms with Gasteiger partial charge in [0.05, 0.1) is 16.5 Å². The molecule has 0 heterocycles. The van der Waals surface area contributed by atoms with Crippen LogP contribution in [0.5, 0.6) is 5.75 Å². The van der Waals surface area contributed by atoms with Crippen molar-refractivity contribution in [2.24, 2.45) is 0 Å². The lowest BCUT2D eigenvalue weighted by Crippen LogP contribution is -2.27. The average Bonchev–Trinajstić information content (AvgIpc) is 2.38. The first kappa shape index (κ1) is 17.6. The maximum Gasteiger partial charge on any atom is 0.240 e. The fourth-order valence-electron chi connectivity index (χ4n) is 1.46. The third-order valence-electron chi connectivity index (χ3n) is 2.84. The van der Waals surface area contributed by atoms with Crippen molar-refractivity contribution in [2.75, 3.05) is 19.9 Å². The average molecular weight is 384 g/mol. The van der Waals surface area contributed by atoms with Crippen LogP contribution in [0.4, 0.5) is 0 Å². The van der Waals surface area contributed by atoms with E-state index in [1.54, 1.807) is 12.3 Å². The molecule has 0 radical (unpaired) electrons. The van der Waals surface area contributed by atoms with Gasteiger partial charge in [-0.25, -0.2) is 13.1 Å². The largest absolute Gasteiger partial charge is 0.496 e. The van der Waals surface area contributed by atoms with E-state index < -0.39 is 20.8 Å². The van der Waals surface area contributed by atoms with Crippen molar-refractivity contribution >= 4 is 36.8 Å². The number of sulfonamides is 1. The molecule has 0 fully saturated rings. The first-order chi connectivity index (χ1) is 9.27. The Morgan fingerprint density at radius 1 is 1.45 bits per heavy atom. The predicted octanol–water partition coefficient (Wildman–Crippen LogP) is 1.89. The molecule has 0 bridgehead atoms. The lowest BCUT2D eigenvalue weighted by atomic mass is 10.3. The molecule has 0 saturated heterocycles. The van der Waals surface area contributed by atoms with Gasteiger partial charge in [-0.05, 0) is 40.5 Å². The number of hydrogen-bond acceptors (Lipinski definition) is 4. The summed E-state index contributed by atoms with van der Waals surface area (Å²) in [7, 11) is -3.00. The predicted molar refractivity (Wildman–Crippen MR) is 84.0 cm³/mol. The van der Waals surface area contributed by atoms with Crippen LogP contribution in [0.15, 0.2) is 27.6 Å². The molecule has 0 aliphatic rings. The van der Waals surface area contributed by atoms with Crippen LogP contribution in [0, 0.1) is 0 Å². The lowest BCUT2D eigenvalue weighted by molar-refractivity contribution is 0.411. The number of halogens is 1. The topological polar surface area (TPSA) is 72.5 Å². The number of methoxy groups -OCH3 is 1. The Morgan fingerprint density at radius 2 is 2.10 bits per heavy atom. The molecule has 0 saturated carbocycles. The van der Waals surface area contributed by atoms with Crippen LogP contribution >= 0.6 is 15.9 Å². The van der Waals surface area contributed by atoms with E-state index in [1.165, 1.54) is 19.2 Å². The van der Waals surface area contributed by atoms with Crippen LogP contribution in [0.1, 0.15) is 13.3 Å². The summed E-state index contributed by atoms with van der Waals surface area (Å²) in [6, 6.07) is 4.55. The molecule has 20 heavy (non-hydrogen) atoms. The fraction of sp³-hybridized carbons (Fsp3) is 0.500. The van der Waals surface area contributed by atoms with Crippen molar-refractivity contribution in [3.8, 4) is 5.75 Å². The van der Waals surface area contributed by atoms with Gasteiger partial charge in [0, 0.05) is 28.9 Å². The Balaban J connectivity index is 2.74. The Bertz CT molecular complexity index is 589. The highest BCUT2D eigenvalue weighted by Crippen LogP contribution is 2.27. The lowest BCUT2D eigenvalue weighted by Gasteiger charge is -2.11. The molecule has 114 valence electrons. The molecule has 1 aromatic rings. The van der Waals surface area contributed by atoms with Gasteiger partial charge in [0.1, 0.15) is 5.75 Å². The number of rotatable bonds is 7. The summed E-state index contributed by atoms with van der Waals surface area (Å²) in [5.41, 5.74) is 0. The molecule has 1 N–H and O–H groups in total. The van der Waals surface area contributed by atoms with Gasteiger partial charge < -0.3 is 4.74 Å². The maximum atomic E-state index is 12.1. The van der Waals surface area contributed by atoms with Gasteiger partial charge in [0.2, 0.25) is 10.0 Å². The zero-order valence-electron chi connectivity index (χ0n) is 11.6. The minimum Gasteiger partial charge on any atom is -0.496 e. The Morgan fingerprint density at radius 3 is 2.60 bits per heavy atom. The van der Waals surface area contributed by atoms with E-state index in [4.69, 9.17) is 4.74 Å². The van der Waals surface area contributed by atoms with Gasteiger partial charge in [-0.15, -0.1) is 0 Å². The molecule has 2 unspecified atom stereocenters. The second kappa shape index (κ2) is 7.53. The number of benzene rings is 1. The van der Waals surface area contributed by atoms with Gasteiger partial charge in [-0.2, -0.15) is 0 Å². The summed E-state index contributed by atoms with van der Waals surface area (Å²) >= 11 is 3.25. The Hall–Kier alpha value is -0.440. The van der Waals surface area contributed by atoms with Gasteiger partial charge in [-0.3, -0.25) is 4.21 Å². The van der Waals surface area contributed by atoms with E-state index in [-0.39, 0.29) is 16.7 Å². The quantitative estimate of drug-likeness (QED) is 0.780. The van der Waals surface area contributed by atoms with Crippen LogP contribution < -0.4 is 9.46 Å². The van der Waals surface area contributed by atoms with E-state index >= 15 is 0 Å². The Labute approximate surface area is 130 Å². The summed E-state index contributed by atoms with van der Waals surface area (Å²) in [6.45, 7) is 2.08. The highest BCUT2D eigenvalue weighted by atomic mass is 79.9. The summed E-state index contributed by atoms with van der Waals surface area (Å²) in [5.74, 6) is 0.568. The van der Waals surface area contributed by atoms with Gasteiger partial charge in [0.25, 0.3) is 0 Å². The highest BCUT2D eigenvalue weighted by molar-refractivity contribution is 9.10. The van der Waals surface area contributed by atoms with Gasteiger partial charge in [-0.1, -0.05) is 6.92 Å². The van der Waals surface area contributed by atoms with Crippen molar-refractivity contribution < 1.29 is 17.4 Å². The smallest absolute Gasteiger partial charge is 0.240 e. The Kier molecular flexibility index (Phi) is 6.63. The van der Waals surface area contributed by atoms with Crippen molar-refractivity contribution in [3.05, 3.63) is 22.7 Å². The van der Waals surface area contributed by atoms with Crippen LogP contribution in [0.25, 0.3) is 0 Å². The molecule has 1 rings (SSSR count). The molecule has 0 aromatic heterocycles. The van der Waals surface area contributed by atoms with E-state index in [0.29, 0.717) is 16.6 Å². The van der Waals surface area contributed by atoms with Crippen LogP contribution in [0.2, 0.25) is 0 Å². The van der Waals surface area contributed by atoms with E-state index in [2.05, 4.69) is 20.7 Å². The molecule has 2 atom stereocenters. The van der Waals surface area contributed by atoms with E-state index in [9.17, 15) is 12.6 Å². The number of hydrogen-bond donors (Lipinski definition) is 1. The van der Waals surface area contributed by atoms with E-state index in [1.807, 2.05) is 6.92 Å². The fourth-order valence-corrected chi connectivity index (χ4v) is 3.68. The molecular weight excluding hydrogens is 366 g/mol. The summed E-state index contributed by atoms with van der Waals surface area (Å²) in [4.78, 5) is 0.162. The SMILES string of the molecule is COc1ccc(S(=O)(=O)NCCC(C)S(C)=O)cc1Br. The van der Waals surface area contributed by atoms with Gasteiger partial charge in [0.15, 0.2) is 0 Å². The van der Waals surface area contributed by atoms with Crippen LogP contribution in [0.3, 0.4) is 0 Å². The summed E-state index contributed by atoms with van der Waals surface area (Å²) < 4.78 is 43.5. The second-order valence-electron chi connectivity index (χ2n) is 4.29. The minimum atomic E-state index is -3.56. The number of nitrogens with one attached hydrogen (secondary N) is 1. The van der Waals surface area contributed by atoms with Crippen molar-refractivity contribution in [1.82, 2.24) is 4.72 Å². The van der Waals surface area contributed by atoms with Crippen molar-refractivity contribution in [2.45, 2.75) is 23.5 Å². The molecule has 8 heteroatoms. The first-order valence-corrected chi connectivity index (χ1v) is 9.83. The highest BCUT2D eigenvalue weighted by Gasteiger charge is 2.16. The molecule has 0 aliphatic carbocycles. The third-order valence-corrected chi connectivity index (χ3v) is 6.29. The first-order valence-electron chi connectivity index (χ1n) is 5.93. The van der Waals surface area contributed by atoms with E-state index in [0.717, 1.165) is 0 Å². The standard InChI is InChI=1S/C12H18BrNO4S2/c1-9(19(3)15)6-7-14-20(16,17)10-4-5-12(18-2)11(13)8-10/h4-5,8-9,14H,6-7H2,1-3H3. The second-order valence-corrected chi connectivity index (χ2v) is 8.72. The van der Waals surface area contributed by atoms with Crippen molar-refractivity contribution in [1.29, 1.82) is 0 Å². The van der Waals surface area contributed by atoms with Crippen LogP contribution in [-0.2, 0) is 20.8 Å². The summed E-state index contributed by atoms with van der Waals surface area (Å²) in [5, 5.41) is -0.0414. The maximum absolute atomic E-state index is 12.1. The van der Waals surface area contributed by atoms with Crippen molar-refractivity contribution in [3.63, 3.8) is 0 Å². The van der Waals surface area contributed by atoms with Gasteiger partial charge >= 0.3 is 0 Å². The number of ether oxygens (including phenoxy) is 1. The minimum absolute atomic E-state index is 0.0414. The normalized spacial score (nSPS) is 14.8. The molecule has 1 aromatic carbocycles. The zero-order chi connectivity index (χ0) is 15.3. The third kappa shape index (κ3) is 4.83. The van der Waals surface area contributed by atoms with Crippen LogP contribution in [-0.4, -0.2) is 37.8 Å². The molecule has 0 aliphatic heterocycles. The molecule has 0 amide bonds.